The lowest BCUT2D eigenvalue weighted by Gasteiger charge is -2.17. The van der Waals surface area contributed by atoms with Crippen molar-refractivity contribution >= 4 is 40.4 Å². The van der Waals surface area contributed by atoms with Crippen molar-refractivity contribution in [3.8, 4) is 0 Å². The number of amides is 1. The summed E-state index contributed by atoms with van der Waals surface area (Å²) in [6.07, 6.45) is 0. The highest BCUT2D eigenvalue weighted by Crippen LogP contribution is 2.33. The van der Waals surface area contributed by atoms with Gasteiger partial charge in [0.15, 0.2) is 0 Å². The zero-order chi connectivity index (χ0) is 12.4. The summed E-state index contributed by atoms with van der Waals surface area (Å²) < 4.78 is 0. The zero-order valence-electron chi connectivity index (χ0n) is 9.60. The molecule has 18 heavy (non-hydrogen) atoms. The highest BCUT2D eigenvalue weighted by atomic mass is 32.2. The van der Waals surface area contributed by atoms with Crippen molar-refractivity contribution in [3.05, 3.63) is 40.6 Å². The second-order valence-electron chi connectivity index (χ2n) is 3.98. The van der Waals surface area contributed by atoms with Crippen LogP contribution in [0.1, 0.15) is 4.88 Å². The van der Waals surface area contributed by atoms with Crippen LogP contribution in [0.15, 0.2) is 40.6 Å². The molecule has 2 N–H and O–H groups in total. The molecule has 0 bridgehead atoms. The smallest absolute Gasteiger partial charge is 0.234 e. The predicted molar refractivity (Wildman–Crippen MR) is 77.4 cm³/mol. The minimum Gasteiger partial charge on any atom is -0.380 e. The molecular formula is C13H12N2OS2. The van der Waals surface area contributed by atoms with Gasteiger partial charge in [-0.05, 0) is 29.6 Å². The van der Waals surface area contributed by atoms with E-state index in [0.29, 0.717) is 5.75 Å². The summed E-state index contributed by atoms with van der Waals surface area (Å²) >= 11 is 3.32. The summed E-state index contributed by atoms with van der Waals surface area (Å²) in [7, 11) is 0. The largest absolute Gasteiger partial charge is 0.380 e. The molecule has 2 aromatic rings. The summed E-state index contributed by atoms with van der Waals surface area (Å²) in [6.45, 7) is 0.817. The van der Waals surface area contributed by atoms with E-state index >= 15 is 0 Å². The molecule has 0 atom stereocenters. The van der Waals surface area contributed by atoms with E-state index in [4.69, 9.17) is 0 Å². The summed E-state index contributed by atoms with van der Waals surface area (Å²) in [5, 5.41) is 8.33. The molecule has 0 fully saturated rings. The molecule has 1 aliphatic heterocycles. The molecule has 1 aliphatic rings. The highest BCUT2D eigenvalue weighted by molar-refractivity contribution is 8.00. The maximum absolute atomic E-state index is 11.3. The van der Waals surface area contributed by atoms with Crippen LogP contribution in [0, 0.1) is 0 Å². The van der Waals surface area contributed by atoms with Crippen LogP contribution >= 0.6 is 23.1 Å². The second kappa shape index (κ2) is 5.04. The molecule has 1 aromatic heterocycles. The summed E-state index contributed by atoms with van der Waals surface area (Å²) in [4.78, 5) is 13.8. The van der Waals surface area contributed by atoms with Crippen LogP contribution < -0.4 is 10.6 Å². The maximum atomic E-state index is 11.3. The molecular weight excluding hydrogens is 264 g/mol. The molecule has 3 rings (SSSR count). The van der Waals surface area contributed by atoms with Gasteiger partial charge >= 0.3 is 0 Å². The van der Waals surface area contributed by atoms with Gasteiger partial charge in [0, 0.05) is 22.0 Å². The molecule has 0 saturated carbocycles. The van der Waals surface area contributed by atoms with Crippen molar-refractivity contribution in [2.45, 2.75) is 11.4 Å². The Hall–Kier alpha value is -1.46. The number of thioether (sulfide) groups is 1. The topological polar surface area (TPSA) is 41.1 Å². The lowest BCUT2D eigenvalue weighted by molar-refractivity contribution is -0.113. The lowest BCUT2D eigenvalue weighted by atomic mass is 10.2. The molecule has 0 spiro atoms. The molecule has 92 valence electrons. The van der Waals surface area contributed by atoms with Crippen LogP contribution in [0.2, 0.25) is 0 Å². The van der Waals surface area contributed by atoms with E-state index < -0.39 is 0 Å². The van der Waals surface area contributed by atoms with Gasteiger partial charge in [0.25, 0.3) is 0 Å². The van der Waals surface area contributed by atoms with Crippen LogP contribution in [0.5, 0.6) is 0 Å². The minimum absolute atomic E-state index is 0.0721. The van der Waals surface area contributed by atoms with Gasteiger partial charge in [0.2, 0.25) is 5.91 Å². The molecule has 0 unspecified atom stereocenters. The van der Waals surface area contributed by atoms with Gasteiger partial charge in [0.05, 0.1) is 11.4 Å². The number of fused-ring (bicyclic) bond motifs is 1. The standard InChI is InChI=1S/C13H12N2OS2/c16-13-8-18-12-4-3-9(6-11(12)15-13)14-7-10-2-1-5-17-10/h1-6,14H,7-8H2,(H,15,16). The van der Waals surface area contributed by atoms with Crippen LogP contribution in [0.4, 0.5) is 11.4 Å². The summed E-state index contributed by atoms with van der Waals surface area (Å²) in [5.41, 5.74) is 1.94. The fourth-order valence-electron chi connectivity index (χ4n) is 1.80. The first-order valence-corrected chi connectivity index (χ1v) is 7.51. The van der Waals surface area contributed by atoms with Crippen molar-refractivity contribution < 1.29 is 4.79 Å². The van der Waals surface area contributed by atoms with Crippen molar-refractivity contribution in [3.63, 3.8) is 0 Å². The minimum atomic E-state index is 0.0721. The SMILES string of the molecule is O=C1CSc2ccc(NCc3cccs3)cc2N1. The van der Waals surface area contributed by atoms with E-state index in [1.54, 1.807) is 23.1 Å². The van der Waals surface area contributed by atoms with E-state index in [-0.39, 0.29) is 5.91 Å². The van der Waals surface area contributed by atoms with E-state index in [9.17, 15) is 4.79 Å². The van der Waals surface area contributed by atoms with Gasteiger partial charge in [-0.25, -0.2) is 0 Å². The molecule has 3 nitrogen and oxygen atoms in total. The summed E-state index contributed by atoms with van der Waals surface area (Å²) in [5.74, 6) is 0.581. The number of hydrogen-bond acceptors (Lipinski definition) is 4. The van der Waals surface area contributed by atoms with Gasteiger partial charge in [0.1, 0.15) is 0 Å². The Labute approximate surface area is 114 Å². The highest BCUT2D eigenvalue weighted by Gasteiger charge is 2.15. The third-order valence-corrected chi connectivity index (χ3v) is 4.61. The number of nitrogens with one attached hydrogen (secondary N) is 2. The van der Waals surface area contributed by atoms with Gasteiger partial charge in [-0.2, -0.15) is 0 Å². The number of carbonyl (C=O) groups excluding carboxylic acids is 1. The number of anilines is 2. The van der Waals surface area contributed by atoms with E-state index in [2.05, 4.69) is 34.2 Å². The maximum Gasteiger partial charge on any atom is 0.234 e. The second-order valence-corrected chi connectivity index (χ2v) is 6.03. The van der Waals surface area contributed by atoms with Crippen LogP contribution in [-0.2, 0) is 11.3 Å². The van der Waals surface area contributed by atoms with Crippen LogP contribution in [0.25, 0.3) is 0 Å². The first kappa shape index (κ1) is 11.6. The monoisotopic (exact) mass is 276 g/mol. The van der Waals surface area contributed by atoms with Crippen LogP contribution in [-0.4, -0.2) is 11.7 Å². The predicted octanol–water partition coefficient (Wildman–Crippen LogP) is 3.40. The Morgan fingerprint density at radius 3 is 3.11 bits per heavy atom. The molecule has 1 amide bonds. The first-order valence-electron chi connectivity index (χ1n) is 5.64. The number of benzene rings is 1. The number of hydrogen-bond donors (Lipinski definition) is 2. The van der Waals surface area contributed by atoms with Gasteiger partial charge in [-0.3, -0.25) is 4.79 Å². The van der Waals surface area contributed by atoms with E-state index in [1.807, 2.05) is 12.1 Å². The Morgan fingerprint density at radius 1 is 1.33 bits per heavy atom. The van der Waals surface area contributed by atoms with Crippen molar-refractivity contribution in [2.24, 2.45) is 0 Å². The van der Waals surface area contributed by atoms with Gasteiger partial charge in [-0.1, -0.05) is 6.07 Å². The quantitative estimate of drug-likeness (QED) is 0.902. The van der Waals surface area contributed by atoms with Crippen molar-refractivity contribution in [1.82, 2.24) is 0 Å². The Balaban J connectivity index is 1.73. The molecule has 2 heterocycles. The fraction of sp³-hybridized carbons (Fsp3) is 0.154. The number of thiophene rings is 1. The van der Waals surface area contributed by atoms with Gasteiger partial charge in [-0.15, -0.1) is 23.1 Å². The Morgan fingerprint density at radius 2 is 2.28 bits per heavy atom. The molecule has 0 radical (unpaired) electrons. The Kier molecular flexibility index (Phi) is 3.25. The summed E-state index contributed by atoms with van der Waals surface area (Å²) in [6, 6.07) is 10.2. The normalized spacial score (nSPS) is 13.9. The molecule has 0 saturated heterocycles. The van der Waals surface area contributed by atoms with E-state index in [0.717, 1.165) is 22.8 Å². The molecule has 1 aromatic carbocycles. The average Bonchev–Trinajstić information content (AvgIpc) is 2.89. The zero-order valence-corrected chi connectivity index (χ0v) is 11.2. The molecule has 0 aliphatic carbocycles. The van der Waals surface area contributed by atoms with Crippen molar-refractivity contribution in [1.29, 1.82) is 0 Å². The fourth-order valence-corrected chi connectivity index (χ4v) is 3.23. The average molecular weight is 276 g/mol. The van der Waals surface area contributed by atoms with E-state index in [1.165, 1.54) is 4.88 Å². The first-order chi connectivity index (χ1) is 8.81. The third-order valence-electron chi connectivity index (χ3n) is 2.66. The third kappa shape index (κ3) is 2.52. The van der Waals surface area contributed by atoms with Crippen molar-refractivity contribution in [2.75, 3.05) is 16.4 Å². The number of carbonyl (C=O) groups is 1. The lowest BCUT2D eigenvalue weighted by Crippen LogP contribution is -2.18. The number of rotatable bonds is 3. The Bertz CT molecular complexity index is 566. The van der Waals surface area contributed by atoms with Crippen LogP contribution in [0.3, 0.4) is 0 Å². The van der Waals surface area contributed by atoms with Gasteiger partial charge < -0.3 is 10.6 Å². The molecule has 5 heteroatoms.